The molecule has 0 amide bonds. The Morgan fingerprint density at radius 2 is 2.00 bits per heavy atom. The first kappa shape index (κ1) is 17.7. The van der Waals surface area contributed by atoms with E-state index < -0.39 is 12.1 Å². The third kappa shape index (κ3) is 13.0. The maximum atomic E-state index is 10.4. The number of aliphatic hydroxyl groups is 1. The van der Waals surface area contributed by atoms with Gasteiger partial charge < -0.3 is 10.2 Å². The average molecular weight is 266 g/mol. The molecule has 0 spiro atoms. The molecule has 0 aromatic heterocycles. The summed E-state index contributed by atoms with van der Waals surface area (Å²) in [5, 5.41) is 17.5. The van der Waals surface area contributed by atoms with E-state index in [9.17, 15) is 4.79 Å². The van der Waals surface area contributed by atoms with Gasteiger partial charge in [-0.25, -0.2) is 4.79 Å². The van der Waals surface area contributed by atoms with Crippen LogP contribution in [0.25, 0.3) is 0 Å². The zero-order valence-electron chi connectivity index (χ0n) is 11.9. The number of allylic oxidation sites excluding steroid dienone is 2. The lowest BCUT2D eigenvalue weighted by Gasteiger charge is -2.03. The number of hydrogen-bond donors (Lipinski definition) is 2. The fraction of sp³-hybridized carbons (Fsp3) is 0.688. The third-order valence-electron chi connectivity index (χ3n) is 2.84. The second-order valence-electron chi connectivity index (χ2n) is 4.67. The van der Waals surface area contributed by atoms with Crippen molar-refractivity contribution < 1.29 is 15.0 Å². The predicted octanol–water partition coefficient (Wildman–Crippen LogP) is 3.52. The largest absolute Gasteiger partial charge is 0.479 e. The normalized spacial score (nSPS) is 12.1. The molecule has 0 aromatic rings. The molecular formula is C16H26O3. The van der Waals surface area contributed by atoms with Crippen molar-refractivity contribution in [1.29, 1.82) is 0 Å². The number of carbonyl (C=O) groups is 1. The van der Waals surface area contributed by atoms with Crippen LogP contribution < -0.4 is 0 Å². The number of hydrogen-bond acceptors (Lipinski definition) is 2. The fourth-order valence-electron chi connectivity index (χ4n) is 1.64. The van der Waals surface area contributed by atoms with Gasteiger partial charge in [-0.05, 0) is 31.8 Å². The van der Waals surface area contributed by atoms with Gasteiger partial charge in [-0.1, -0.05) is 50.5 Å². The molecule has 0 fully saturated rings. The monoisotopic (exact) mass is 266 g/mol. The first-order valence-corrected chi connectivity index (χ1v) is 7.22. The van der Waals surface area contributed by atoms with Gasteiger partial charge in [0.1, 0.15) is 0 Å². The summed E-state index contributed by atoms with van der Waals surface area (Å²) in [6, 6.07) is 0. The summed E-state index contributed by atoms with van der Waals surface area (Å²) in [4.78, 5) is 10.4. The molecule has 0 radical (unpaired) electrons. The quantitative estimate of drug-likeness (QED) is 0.470. The molecule has 1 unspecified atom stereocenters. The zero-order chi connectivity index (χ0) is 14.3. The van der Waals surface area contributed by atoms with E-state index in [1.807, 2.05) is 6.08 Å². The molecule has 3 nitrogen and oxygen atoms in total. The molecule has 0 aliphatic carbocycles. The van der Waals surface area contributed by atoms with Crippen LogP contribution in [0.3, 0.4) is 0 Å². The SMILES string of the molecule is CCCCC/C=C\C#CCCCCCC(O)C(=O)O. The highest BCUT2D eigenvalue weighted by atomic mass is 16.4. The smallest absolute Gasteiger partial charge is 0.332 e. The summed E-state index contributed by atoms with van der Waals surface area (Å²) in [7, 11) is 0. The Bertz CT molecular complexity index is 310. The van der Waals surface area contributed by atoms with Gasteiger partial charge in [0.15, 0.2) is 6.10 Å². The highest BCUT2D eigenvalue weighted by Crippen LogP contribution is 2.05. The number of carboxylic acid groups (broad SMARTS) is 1. The topological polar surface area (TPSA) is 57.5 Å². The second kappa shape index (κ2) is 13.2. The van der Waals surface area contributed by atoms with Gasteiger partial charge in [-0.15, -0.1) is 0 Å². The summed E-state index contributed by atoms with van der Waals surface area (Å²) in [5.74, 6) is 4.95. The standard InChI is InChI=1S/C16H26O3/c1-2-3-4-5-6-7-8-9-10-11-12-13-14-15(17)16(18)19/h6-7,15,17H,2-5,10-14H2,1H3,(H,18,19)/b7-6-. The first-order valence-electron chi connectivity index (χ1n) is 7.22. The van der Waals surface area contributed by atoms with Gasteiger partial charge in [-0.3, -0.25) is 0 Å². The zero-order valence-corrected chi connectivity index (χ0v) is 11.9. The minimum absolute atomic E-state index is 0.333. The second-order valence-corrected chi connectivity index (χ2v) is 4.67. The fourth-order valence-corrected chi connectivity index (χ4v) is 1.64. The molecule has 1 atom stereocenters. The van der Waals surface area contributed by atoms with Crippen LogP contribution in [-0.4, -0.2) is 22.3 Å². The van der Waals surface area contributed by atoms with Crippen molar-refractivity contribution >= 4 is 5.97 Å². The Balaban J connectivity index is 3.37. The van der Waals surface area contributed by atoms with E-state index >= 15 is 0 Å². The van der Waals surface area contributed by atoms with Crippen LogP contribution >= 0.6 is 0 Å². The van der Waals surface area contributed by atoms with Crippen molar-refractivity contribution in [2.45, 2.75) is 70.8 Å². The molecule has 0 bridgehead atoms. The molecule has 0 saturated heterocycles. The Morgan fingerprint density at radius 3 is 2.68 bits per heavy atom. The third-order valence-corrected chi connectivity index (χ3v) is 2.84. The molecule has 0 aromatic carbocycles. The van der Waals surface area contributed by atoms with Crippen LogP contribution in [0.1, 0.15) is 64.7 Å². The summed E-state index contributed by atoms with van der Waals surface area (Å²) in [6.07, 6.45) is 11.5. The maximum Gasteiger partial charge on any atom is 0.332 e. The van der Waals surface area contributed by atoms with E-state index in [2.05, 4.69) is 24.8 Å². The summed E-state index contributed by atoms with van der Waals surface area (Å²) >= 11 is 0. The van der Waals surface area contributed by atoms with Gasteiger partial charge in [0.2, 0.25) is 0 Å². The molecule has 2 N–H and O–H groups in total. The van der Waals surface area contributed by atoms with Crippen LogP contribution in [0.5, 0.6) is 0 Å². The first-order chi connectivity index (χ1) is 9.18. The molecule has 19 heavy (non-hydrogen) atoms. The Kier molecular flexibility index (Phi) is 12.3. The van der Waals surface area contributed by atoms with Gasteiger partial charge in [-0.2, -0.15) is 0 Å². The Labute approximate surface area is 116 Å². The van der Waals surface area contributed by atoms with Gasteiger partial charge in [0.05, 0.1) is 0 Å². The predicted molar refractivity (Wildman–Crippen MR) is 77.8 cm³/mol. The number of unbranched alkanes of at least 4 members (excludes halogenated alkanes) is 6. The van der Waals surface area contributed by atoms with Crippen LogP contribution in [-0.2, 0) is 4.79 Å². The van der Waals surface area contributed by atoms with Crippen molar-refractivity contribution in [3.63, 3.8) is 0 Å². The van der Waals surface area contributed by atoms with Crippen molar-refractivity contribution in [2.24, 2.45) is 0 Å². The number of aliphatic hydroxyl groups excluding tert-OH is 1. The van der Waals surface area contributed by atoms with E-state index in [-0.39, 0.29) is 0 Å². The van der Waals surface area contributed by atoms with E-state index in [4.69, 9.17) is 10.2 Å². The van der Waals surface area contributed by atoms with E-state index in [1.54, 1.807) is 0 Å². The Morgan fingerprint density at radius 1 is 1.21 bits per heavy atom. The minimum Gasteiger partial charge on any atom is -0.479 e. The summed E-state index contributed by atoms with van der Waals surface area (Å²) in [6.45, 7) is 2.19. The van der Waals surface area contributed by atoms with Crippen LogP contribution in [0, 0.1) is 11.8 Å². The van der Waals surface area contributed by atoms with Gasteiger partial charge >= 0.3 is 5.97 Å². The minimum atomic E-state index is -1.21. The van der Waals surface area contributed by atoms with Gasteiger partial charge in [0, 0.05) is 6.42 Å². The highest BCUT2D eigenvalue weighted by Gasteiger charge is 2.11. The molecule has 0 aliphatic heterocycles. The lowest BCUT2D eigenvalue weighted by atomic mass is 10.1. The number of rotatable bonds is 10. The molecule has 0 rings (SSSR count). The van der Waals surface area contributed by atoms with E-state index in [0.29, 0.717) is 6.42 Å². The Hall–Kier alpha value is -1.27. The summed E-state index contributed by atoms with van der Waals surface area (Å²) < 4.78 is 0. The van der Waals surface area contributed by atoms with E-state index in [1.165, 1.54) is 19.3 Å². The molecule has 0 aliphatic rings. The van der Waals surface area contributed by atoms with Crippen LogP contribution in [0.15, 0.2) is 12.2 Å². The van der Waals surface area contributed by atoms with Crippen molar-refractivity contribution in [2.75, 3.05) is 0 Å². The van der Waals surface area contributed by atoms with Gasteiger partial charge in [0.25, 0.3) is 0 Å². The van der Waals surface area contributed by atoms with Crippen molar-refractivity contribution in [3.8, 4) is 11.8 Å². The molecule has 0 saturated carbocycles. The number of carboxylic acids is 1. The highest BCUT2D eigenvalue weighted by molar-refractivity contribution is 5.71. The average Bonchev–Trinajstić information content (AvgIpc) is 2.39. The maximum absolute atomic E-state index is 10.4. The lowest BCUT2D eigenvalue weighted by Crippen LogP contribution is -2.18. The lowest BCUT2D eigenvalue weighted by molar-refractivity contribution is -0.146. The molecule has 3 heteroatoms. The number of aliphatic carboxylic acids is 1. The molecular weight excluding hydrogens is 240 g/mol. The van der Waals surface area contributed by atoms with Crippen molar-refractivity contribution in [3.05, 3.63) is 12.2 Å². The summed E-state index contributed by atoms with van der Waals surface area (Å²) in [5.41, 5.74) is 0. The van der Waals surface area contributed by atoms with Crippen molar-refractivity contribution in [1.82, 2.24) is 0 Å². The van der Waals surface area contributed by atoms with Crippen LogP contribution in [0.4, 0.5) is 0 Å². The van der Waals surface area contributed by atoms with Crippen LogP contribution in [0.2, 0.25) is 0 Å². The molecule has 0 heterocycles. The molecule has 108 valence electrons. The van der Waals surface area contributed by atoms with E-state index in [0.717, 1.165) is 32.1 Å².